The van der Waals surface area contributed by atoms with Crippen LogP contribution in [0.1, 0.15) is 10.4 Å². The lowest BCUT2D eigenvalue weighted by Gasteiger charge is -2.04. The number of carbonyl (C=O) groups is 1. The fraction of sp³-hybridized carbons (Fsp3) is 0. The normalized spacial score (nSPS) is 14.7. The molecule has 2 heterocycles. The van der Waals surface area contributed by atoms with Crippen LogP contribution in [0, 0.1) is 0 Å². The van der Waals surface area contributed by atoms with Crippen LogP contribution < -0.4 is 15.9 Å². The van der Waals surface area contributed by atoms with Gasteiger partial charge in [-0.3, -0.25) is 4.79 Å². The van der Waals surface area contributed by atoms with Gasteiger partial charge in [-0.15, -0.1) is 0 Å². The molecule has 5 nitrogen and oxygen atoms in total. The molecule has 1 amide bonds. The van der Waals surface area contributed by atoms with Crippen molar-refractivity contribution in [3.63, 3.8) is 0 Å². The minimum absolute atomic E-state index is 0.274. The lowest BCUT2D eigenvalue weighted by molar-refractivity contribution is 0.100. The molecule has 0 fully saturated rings. The first-order valence-electron chi connectivity index (χ1n) is 6.52. The van der Waals surface area contributed by atoms with Gasteiger partial charge in [0.1, 0.15) is 5.69 Å². The van der Waals surface area contributed by atoms with Crippen molar-refractivity contribution in [2.45, 2.75) is 0 Å². The average molecular weight is 274 g/mol. The summed E-state index contributed by atoms with van der Waals surface area (Å²) in [7, 11) is 0. The zero-order valence-corrected chi connectivity index (χ0v) is 10.9. The minimum Gasteiger partial charge on any atom is -0.324 e. The number of benzene rings is 2. The van der Waals surface area contributed by atoms with E-state index in [4.69, 9.17) is 0 Å². The molecule has 0 spiro atoms. The SMILES string of the molecule is O=C1N=CC=c2ccc3c(c21)N=C(Nc1ccccc1)N=3. The van der Waals surface area contributed by atoms with E-state index >= 15 is 0 Å². The van der Waals surface area contributed by atoms with E-state index < -0.39 is 0 Å². The van der Waals surface area contributed by atoms with Crippen molar-refractivity contribution in [2.75, 3.05) is 5.32 Å². The van der Waals surface area contributed by atoms with Gasteiger partial charge in [-0.2, -0.15) is 0 Å². The largest absolute Gasteiger partial charge is 0.324 e. The van der Waals surface area contributed by atoms with Gasteiger partial charge in [-0.1, -0.05) is 24.3 Å². The van der Waals surface area contributed by atoms with Crippen molar-refractivity contribution in [3.8, 4) is 0 Å². The number of amides is 1. The van der Waals surface area contributed by atoms with Crippen molar-refractivity contribution in [1.82, 2.24) is 0 Å². The number of nitrogens with zero attached hydrogens (tertiary/aromatic N) is 3. The molecule has 0 atom stereocenters. The van der Waals surface area contributed by atoms with Gasteiger partial charge in [-0.05, 0) is 29.5 Å². The maximum atomic E-state index is 12.0. The van der Waals surface area contributed by atoms with Gasteiger partial charge in [0.15, 0.2) is 0 Å². The number of anilines is 1. The molecule has 0 aliphatic carbocycles. The number of para-hydroxylation sites is 1. The number of carbonyl (C=O) groups excluding carboxylic acids is 1. The maximum Gasteiger partial charge on any atom is 0.279 e. The van der Waals surface area contributed by atoms with Gasteiger partial charge >= 0.3 is 0 Å². The highest BCUT2D eigenvalue weighted by molar-refractivity contribution is 6.12. The van der Waals surface area contributed by atoms with E-state index in [1.54, 1.807) is 6.08 Å². The van der Waals surface area contributed by atoms with E-state index in [9.17, 15) is 4.79 Å². The van der Waals surface area contributed by atoms with Gasteiger partial charge in [0.25, 0.3) is 5.91 Å². The first-order valence-corrected chi connectivity index (χ1v) is 6.52. The van der Waals surface area contributed by atoms with E-state index in [2.05, 4.69) is 20.3 Å². The quantitative estimate of drug-likeness (QED) is 0.854. The second kappa shape index (κ2) is 4.49. The summed E-state index contributed by atoms with van der Waals surface area (Å²) in [6, 6.07) is 13.4. The molecular weight excluding hydrogens is 264 g/mol. The first kappa shape index (κ1) is 11.7. The third-order valence-corrected chi connectivity index (χ3v) is 3.32. The minimum atomic E-state index is -0.274. The monoisotopic (exact) mass is 274 g/mol. The zero-order valence-electron chi connectivity index (χ0n) is 10.9. The summed E-state index contributed by atoms with van der Waals surface area (Å²) in [5.74, 6) is 0.205. The molecule has 2 aliphatic heterocycles. The fourth-order valence-corrected chi connectivity index (χ4v) is 2.36. The smallest absolute Gasteiger partial charge is 0.279 e. The summed E-state index contributed by atoms with van der Waals surface area (Å²) in [4.78, 5) is 24.6. The zero-order chi connectivity index (χ0) is 14.2. The molecule has 0 bridgehead atoms. The predicted octanol–water partition coefficient (Wildman–Crippen LogP) is 1.42. The molecule has 1 N–H and O–H groups in total. The van der Waals surface area contributed by atoms with E-state index in [0.29, 0.717) is 22.6 Å². The Labute approximate surface area is 120 Å². The van der Waals surface area contributed by atoms with Gasteiger partial charge in [0.05, 0.1) is 10.9 Å². The number of guanidine groups is 1. The van der Waals surface area contributed by atoms with Gasteiger partial charge in [0, 0.05) is 11.9 Å². The van der Waals surface area contributed by atoms with Crippen LogP contribution in [-0.2, 0) is 0 Å². The summed E-state index contributed by atoms with van der Waals surface area (Å²) < 4.78 is 0. The van der Waals surface area contributed by atoms with Crippen LogP contribution >= 0.6 is 0 Å². The summed E-state index contributed by atoms with van der Waals surface area (Å²) >= 11 is 0. The lowest BCUT2D eigenvalue weighted by Crippen LogP contribution is -2.21. The molecule has 4 rings (SSSR count). The standard InChI is InChI=1S/C16H10N4O/c21-15-13-10(8-9-17-15)6-7-12-14(13)20-16(19-12)18-11-4-2-1-3-5-11/h1-9H,(H,18,20). The molecule has 2 aromatic rings. The Balaban J connectivity index is 1.80. The topological polar surface area (TPSA) is 66.2 Å². The Bertz CT molecular complexity index is 927. The van der Waals surface area contributed by atoms with Crippen LogP contribution in [0.4, 0.5) is 11.4 Å². The van der Waals surface area contributed by atoms with Gasteiger partial charge in [0.2, 0.25) is 5.96 Å². The fourth-order valence-electron chi connectivity index (χ4n) is 2.36. The molecular formula is C16H10N4O. The van der Waals surface area contributed by atoms with Crippen LogP contribution in [0.2, 0.25) is 0 Å². The molecule has 100 valence electrons. The summed E-state index contributed by atoms with van der Waals surface area (Å²) in [6.07, 6.45) is 3.31. The number of hydrogen-bond acceptors (Lipinski definition) is 4. The summed E-state index contributed by atoms with van der Waals surface area (Å²) in [5.41, 5.74) is 2.00. The van der Waals surface area contributed by atoms with Crippen molar-refractivity contribution in [1.29, 1.82) is 0 Å². The Morgan fingerprint density at radius 1 is 0.952 bits per heavy atom. The number of fused-ring (bicyclic) bond motifs is 3. The summed E-state index contributed by atoms with van der Waals surface area (Å²) in [6.45, 7) is 0. The Hall–Kier alpha value is -3.08. The van der Waals surface area contributed by atoms with Crippen LogP contribution in [0.5, 0.6) is 0 Å². The average Bonchev–Trinajstić information content (AvgIpc) is 2.90. The lowest BCUT2D eigenvalue weighted by atomic mass is 10.1. The molecule has 2 aliphatic rings. The molecule has 0 unspecified atom stereocenters. The van der Waals surface area contributed by atoms with Crippen molar-refractivity contribution in [3.05, 3.63) is 58.6 Å². The van der Waals surface area contributed by atoms with E-state index in [-0.39, 0.29) is 5.91 Å². The van der Waals surface area contributed by atoms with Crippen LogP contribution in [0.3, 0.4) is 0 Å². The molecule has 0 saturated heterocycles. The first-order chi connectivity index (χ1) is 10.3. The highest BCUT2D eigenvalue weighted by atomic mass is 16.1. The second-order valence-corrected chi connectivity index (χ2v) is 4.69. The van der Waals surface area contributed by atoms with Crippen molar-refractivity contribution < 1.29 is 4.79 Å². The second-order valence-electron chi connectivity index (χ2n) is 4.69. The van der Waals surface area contributed by atoms with Crippen LogP contribution in [0.25, 0.3) is 6.08 Å². The predicted molar refractivity (Wildman–Crippen MR) is 81.7 cm³/mol. The highest BCUT2D eigenvalue weighted by Gasteiger charge is 2.19. The van der Waals surface area contributed by atoms with Gasteiger partial charge in [-0.25, -0.2) is 15.0 Å². The molecule has 2 aromatic carbocycles. The summed E-state index contributed by atoms with van der Waals surface area (Å²) in [5, 5.41) is 4.65. The number of aliphatic imine (C=N–C) groups is 2. The Kier molecular flexibility index (Phi) is 2.50. The van der Waals surface area contributed by atoms with Crippen LogP contribution in [-0.4, -0.2) is 18.1 Å². The van der Waals surface area contributed by atoms with Gasteiger partial charge < -0.3 is 5.32 Å². The molecule has 5 heteroatoms. The number of nitrogens with one attached hydrogen (secondary N) is 1. The van der Waals surface area contributed by atoms with Crippen LogP contribution in [0.15, 0.2) is 57.4 Å². The third-order valence-electron chi connectivity index (χ3n) is 3.32. The molecule has 0 saturated carbocycles. The number of hydrogen-bond donors (Lipinski definition) is 1. The Morgan fingerprint density at radius 3 is 2.67 bits per heavy atom. The molecule has 21 heavy (non-hydrogen) atoms. The van der Waals surface area contributed by atoms with E-state index in [0.717, 1.165) is 10.9 Å². The highest BCUT2D eigenvalue weighted by Crippen LogP contribution is 2.18. The van der Waals surface area contributed by atoms with E-state index in [1.165, 1.54) is 6.21 Å². The van der Waals surface area contributed by atoms with E-state index in [1.807, 2.05) is 42.5 Å². The number of rotatable bonds is 1. The third kappa shape index (κ3) is 1.95. The molecule has 0 aromatic heterocycles. The molecule has 0 radical (unpaired) electrons. The Morgan fingerprint density at radius 2 is 1.81 bits per heavy atom. The van der Waals surface area contributed by atoms with Crippen molar-refractivity contribution >= 4 is 35.5 Å². The maximum absolute atomic E-state index is 12.0. The van der Waals surface area contributed by atoms with Crippen molar-refractivity contribution in [2.24, 2.45) is 15.0 Å².